The summed E-state index contributed by atoms with van der Waals surface area (Å²) >= 11 is 0. The molecular formula is C15H25NO4. The fraction of sp³-hybridized carbons (Fsp3) is 0.733. The topological polar surface area (TPSA) is 75.6 Å². The molecule has 1 aliphatic rings. The molecule has 1 aliphatic carbocycles. The number of amides is 1. The minimum atomic E-state index is -0.900. The number of aliphatic carboxylic acids is 1. The molecule has 0 aromatic heterocycles. The van der Waals surface area contributed by atoms with Gasteiger partial charge in [0.1, 0.15) is 0 Å². The van der Waals surface area contributed by atoms with Crippen molar-refractivity contribution in [3.63, 3.8) is 0 Å². The van der Waals surface area contributed by atoms with Gasteiger partial charge in [0.15, 0.2) is 0 Å². The van der Waals surface area contributed by atoms with Gasteiger partial charge in [-0.1, -0.05) is 26.0 Å². The maximum Gasteiger partial charge on any atom is 0.307 e. The lowest BCUT2D eigenvalue weighted by atomic mass is 9.82. The summed E-state index contributed by atoms with van der Waals surface area (Å²) in [5, 5.41) is 11.9. The highest BCUT2D eigenvalue weighted by Crippen LogP contribution is 2.25. The Kier molecular flexibility index (Phi) is 7.30. The van der Waals surface area contributed by atoms with Crippen LogP contribution in [0, 0.1) is 17.8 Å². The average Bonchev–Trinajstić information content (AvgIpc) is 2.42. The Morgan fingerprint density at radius 1 is 1.25 bits per heavy atom. The predicted octanol–water partition coefficient (Wildman–Crippen LogP) is 1.83. The van der Waals surface area contributed by atoms with E-state index in [1.54, 1.807) is 0 Å². The maximum absolute atomic E-state index is 12.0. The predicted molar refractivity (Wildman–Crippen MR) is 76.3 cm³/mol. The Labute approximate surface area is 120 Å². The molecule has 0 saturated carbocycles. The van der Waals surface area contributed by atoms with E-state index in [0.29, 0.717) is 38.5 Å². The van der Waals surface area contributed by atoms with Gasteiger partial charge in [-0.05, 0) is 25.2 Å². The first-order chi connectivity index (χ1) is 9.52. The second kappa shape index (κ2) is 8.74. The lowest BCUT2D eigenvalue weighted by molar-refractivity contribution is -0.147. The molecule has 5 heteroatoms. The highest BCUT2D eigenvalue weighted by atomic mass is 16.5. The van der Waals surface area contributed by atoms with Crippen LogP contribution in [0.3, 0.4) is 0 Å². The fourth-order valence-electron chi connectivity index (χ4n) is 2.18. The first kappa shape index (κ1) is 16.7. The Morgan fingerprint density at radius 3 is 2.50 bits per heavy atom. The smallest absolute Gasteiger partial charge is 0.307 e. The zero-order valence-electron chi connectivity index (χ0n) is 12.3. The van der Waals surface area contributed by atoms with E-state index in [-0.39, 0.29) is 5.91 Å². The van der Waals surface area contributed by atoms with Gasteiger partial charge in [0.2, 0.25) is 5.91 Å². The molecule has 5 nitrogen and oxygen atoms in total. The van der Waals surface area contributed by atoms with Crippen molar-refractivity contribution in [1.82, 2.24) is 5.32 Å². The first-order valence-electron chi connectivity index (χ1n) is 7.25. The number of nitrogens with one attached hydrogen (secondary N) is 1. The molecular weight excluding hydrogens is 258 g/mol. The number of hydrogen-bond donors (Lipinski definition) is 2. The fourth-order valence-corrected chi connectivity index (χ4v) is 2.18. The largest absolute Gasteiger partial charge is 0.481 e. The van der Waals surface area contributed by atoms with Crippen LogP contribution in [0.25, 0.3) is 0 Å². The molecule has 0 bridgehead atoms. The van der Waals surface area contributed by atoms with Crippen molar-refractivity contribution in [2.75, 3.05) is 19.8 Å². The standard InChI is InChI=1S/C15H25NO4/c1-11(2)7-9-20-10-8-16-14(17)12-5-3-4-6-13(12)15(18)19/h3-4,11-13H,5-10H2,1-2H3,(H,16,17)(H,18,19). The molecule has 0 aromatic rings. The number of carboxylic acid groups (broad SMARTS) is 1. The second-order valence-corrected chi connectivity index (χ2v) is 5.58. The molecule has 0 saturated heterocycles. The third kappa shape index (κ3) is 5.74. The molecule has 0 fully saturated rings. The third-order valence-electron chi connectivity index (χ3n) is 3.47. The minimum absolute atomic E-state index is 0.186. The summed E-state index contributed by atoms with van der Waals surface area (Å²) < 4.78 is 5.41. The number of carbonyl (C=O) groups excluding carboxylic acids is 1. The van der Waals surface area contributed by atoms with Crippen molar-refractivity contribution in [2.24, 2.45) is 17.8 Å². The number of ether oxygens (including phenoxy) is 1. The van der Waals surface area contributed by atoms with Crippen molar-refractivity contribution in [2.45, 2.75) is 33.1 Å². The molecule has 0 aliphatic heterocycles. The van der Waals surface area contributed by atoms with Gasteiger partial charge in [-0.25, -0.2) is 0 Å². The van der Waals surface area contributed by atoms with Crippen molar-refractivity contribution in [1.29, 1.82) is 0 Å². The van der Waals surface area contributed by atoms with Crippen molar-refractivity contribution in [3.8, 4) is 0 Å². The molecule has 2 atom stereocenters. The summed E-state index contributed by atoms with van der Waals surface area (Å²) in [6.45, 7) is 5.86. The van der Waals surface area contributed by atoms with Gasteiger partial charge in [0.25, 0.3) is 0 Å². The van der Waals surface area contributed by atoms with Crippen LogP contribution >= 0.6 is 0 Å². The van der Waals surface area contributed by atoms with Crippen molar-refractivity contribution < 1.29 is 19.4 Å². The molecule has 2 unspecified atom stereocenters. The van der Waals surface area contributed by atoms with E-state index in [4.69, 9.17) is 9.84 Å². The lowest BCUT2D eigenvalue weighted by Crippen LogP contribution is -2.40. The lowest BCUT2D eigenvalue weighted by Gasteiger charge is -2.24. The number of allylic oxidation sites excluding steroid dienone is 2. The normalized spacial score (nSPS) is 21.9. The number of hydrogen-bond acceptors (Lipinski definition) is 3. The molecule has 1 amide bonds. The van der Waals surface area contributed by atoms with Crippen LogP contribution in [0.5, 0.6) is 0 Å². The number of carbonyl (C=O) groups is 2. The van der Waals surface area contributed by atoms with Gasteiger partial charge in [-0.15, -0.1) is 0 Å². The summed E-state index contributed by atoms with van der Waals surface area (Å²) in [5.74, 6) is -1.55. The Hall–Kier alpha value is -1.36. The molecule has 20 heavy (non-hydrogen) atoms. The Bertz CT molecular complexity index is 352. The first-order valence-corrected chi connectivity index (χ1v) is 7.25. The zero-order valence-corrected chi connectivity index (χ0v) is 12.3. The van der Waals surface area contributed by atoms with Gasteiger partial charge >= 0.3 is 5.97 Å². The molecule has 114 valence electrons. The monoisotopic (exact) mass is 283 g/mol. The average molecular weight is 283 g/mol. The van der Waals surface area contributed by atoms with Crippen LogP contribution in [0.4, 0.5) is 0 Å². The summed E-state index contributed by atoms with van der Waals surface area (Å²) in [6.07, 6.45) is 5.64. The van der Waals surface area contributed by atoms with E-state index in [1.165, 1.54) is 0 Å². The summed E-state index contributed by atoms with van der Waals surface area (Å²) in [4.78, 5) is 23.1. The third-order valence-corrected chi connectivity index (χ3v) is 3.47. The van der Waals surface area contributed by atoms with Gasteiger partial charge in [-0.3, -0.25) is 9.59 Å². The Balaban J connectivity index is 2.24. The zero-order chi connectivity index (χ0) is 15.0. The van der Waals surface area contributed by atoms with Crippen LogP contribution in [0.15, 0.2) is 12.2 Å². The minimum Gasteiger partial charge on any atom is -0.481 e. The number of rotatable bonds is 8. The SMILES string of the molecule is CC(C)CCOCCNC(=O)C1CC=CCC1C(=O)O. The summed E-state index contributed by atoms with van der Waals surface area (Å²) in [7, 11) is 0. The molecule has 0 aromatic carbocycles. The van der Waals surface area contributed by atoms with Gasteiger partial charge in [0, 0.05) is 13.2 Å². The van der Waals surface area contributed by atoms with Gasteiger partial charge in [-0.2, -0.15) is 0 Å². The van der Waals surface area contributed by atoms with E-state index < -0.39 is 17.8 Å². The van der Waals surface area contributed by atoms with Crippen LogP contribution in [-0.2, 0) is 14.3 Å². The van der Waals surface area contributed by atoms with Crippen LogP contribution in [0.1, 0.15) is 33.1 Å². The molecule has 0 heterocycles. The van der Waals surface area contributed by atoms with Crippen LogP contribution in [0.2, 0.25) is 0 Å². The molecule has 1 rings (SSSR count). The van der Waals surface area contributed by atoms with E-state index in [1.807, 2.05) is 12.2 Å². The van der Waals surface area contributed by atoms with E-state index in [0.717, 1.165) is 6.42 Å². The second-order valence-electron chi connectivity index (χ2n) is 5.58. The van der Waals surface area contributed by atoms with Crippen LogP contribution in [-0.4, -0.2) is 36.7 Å². The highest BCUT2D eigenvalue weighted by Gasteiger charge is 2.33. The summed E-state index contributed by atoms with van der Waals surface area (Å²) in [5.41, 5.74) is 0. The van der Waals surface area contributed by atoms with Gasteiger partial charge < -0.3 is 15.2 Å². The van der Waals surface area contributed by atoms with Crippen molar-refractivity contribution in [3.05, 3.63) is 12.2 Å². The maximum atomic E-state index is 12.0. The van der Waals surface area contributed by atoms with E-state index >= 15 is 0 Å². The summed E-state index contributed by atoms with van der Waals surface area (Å²) in [6, 6.07) is 0. The Morgan fingerprint density at radius 2 is 1.90 bits per heavy atom. The van der Waals surface area contributed by atoms with Gasteiger partial charge in [0.05, 0.1) is 18.4 Å². The quantitative estimate of drug-likeness (QED) is 0.526. The van der Waals surface area contributed by atoms with E-state index in [9.17, 15) is 9.59 Å². The number of carboxylic acids is 1. The highest BCUT2D eigenvalue weighted by molar-refractivity contribution is 5.85. The van der Waals surface area contributed by atoms with Crippen LogP contribution < -0.4 is 5.32 Å². The van der Waals surface area contributed by atoms with E-state index in [2.05, 4.69) is 19.2 Å². The molecule has 2 N–H and O–H groups in total. The molecule has 0 radical (unpaired) electrons. The molecule has 0 spiro atoms. The van der Waals surface area contributed by atoms with Crippen molar-refractivity contribution >= 4 is 11.9 Å².